The highest BCUT2D eigenvalue weighted by atomic mass is 16.2. The molecule has 1 amide bonds. The average Bonchev–Trinajstić information content (AvgIpc) is 2.79. The van der Waals surface area contributed by atoms with E-state index in [1.54, 1.807) is 18.5 Å². The first-order valence-corrected chi connectivity index (χ1v) is 9.63. The summed E-state index contributed by atoms with van der Waals surface area (Å²) < 4.78 is 0. The van der Waals surface area contributed by atoms with Crippen LogP contribution in [0.2, 0.25) is 0 Å². The zero-order valence-corrected chi connectivity index (χ0v) is 15.7. The molecule has 4 aromatic rings. The highest BCUT2D eigenvalue weighted by Crippen LogP contribution is 2.28. The molecule has 6 nitrogen and oxygen atoms in total. The van der Waals surface area contributed by atoms with E-state index >= 15 is 0 Å². The van der Waals surface area contributed by atoms with Gasteiger partial charge in [-0.05, 0) is 42.7 Å². The number of fused-ring (bicyclic) bond motifs is 2. The Hall–Kier alpha value is -3.80. The molecule has 0 spiro atoms. The van der Waals surface area contributed by atoms with Gasteiger partial charge in [-0.2, -0.15) is 0 Å². The molecule has 0 unspecified atom stereocenters. The molecule has 3 heterocycles. The predicted octanol–water partition coefficient (Wildman–Crippen LogP) is 4.36. The number of aromatic nitrogens is 3. The monoisotopic (exact) mass is 381 g/mol. The van der Waals surface area contributed by atoms with Gasteiger partial charge in [0.1, 0.15) is 5.69 Å². The third kappa shape index (κ3) is 3.29. The van der Waals surface area contributed by atoms with E-state index in [2.05, 4.69) is 26.3 Å². The summed E-state index contributed by atoms with van der Waals surface area (Å²) in [5, 5.41) is 4.23. The first-order chi connectivity index (χ1) is 14.3. The summed E-state index contributed by atoms with van der Waals surface area (Å²) >= 11 is 0. The van der Waals surface area contributed by atoms with E-state index in [0.717, 1.165) is 35.1 Å². The number of rotatable bonds is 3. The van der Waals surface area contributed by atoms with Crippen molar-refractivity contribution in [2.24, 2.45) is 0 Å². The molecule has 0 saturated carbocycles. The average molecular weight is 381 g/mol. The zero-order valence-electron chi connectivity index (χ0n) is 15.7. The van der Waals surface area contributed by atoms with E-state index in [1.807, 2.05) is 53.4 Å². The van der Waals surface area contributed by atoms with Crippen LogP contribution in [0, 0.1) is 0 Å². The lowest BCUT2D eigenvalue weighted by Crippen LogP contribution is -2.36. The molecule has 2 aromatic heterocycles. The first kappa shape index (κ1) is 17.3. The number of nitrogens with zero attached hydrogens (tertiary/aromatic N) is 4. The van der Waals surface area contributed by atoms with Crippen LogP contribution < -0.4 is 10.2 Å². The van der Waals surface area contributed by atoms with Gasteiger partial charge in [-0.3, -0.25) is 9.78 Å². The number of amides is 1. The van der Waals surface area contributed by atoms with Gasteiger partial charge in [-0.15, -0.1) is 0 Å². The van der Waals surface area contributed by atoms with Gasteiger partial charge in [-0.25, -0.2) is 9.97 Å². The number of pyridine rings is 1. The van der Waals surface area contributed by atoms with E-state index in [9.17, 15) is 4.79 Å². The molecule has 1 N–H and O–H groups in total. The van der Waals surface area contributed by atoms with Gasteiger partial charge >= 0.3 is 0 Å². The molecule has 0 bridgehead atoms. The number of benzene rings is 2. The molecule has 1 aliphatic rings. The number of aryl methyl sites for hydroxylation is 1. The van der Waals surface area contributed by atoms with Crippen molar-refractivity contribution in [2.75, 3.05) is 16.8 Å². The second kappa shape index (κ2) is 7.31. The molecule has 0 saturated heterocycles. The van der Waals surface area contributed by atoms with Crippen LogP contribution in [0.4, 0.5) is 17.3 Å². The number of anilines is 3. The lowest BCUT2D eigenvalue weighted by molar-refractivity contribution is 0.0980. The lowest BCUT2D eigenvalue weighted by atomic mass is 10.0. The summed E-state index contributed by atoms with van der Waals surface area (Å²) in [5.41, 5.74) is 4.17. The minimum Gasteiger partial charge on any atom is -0.322 e. The van der Waals surface area contributed by atoms with Crippen molar-refractivity contribution in [3.63, 3.8) is 0 Å². The van der Waals surface area contributed by atoms with Gasteiger partial charge in [0.25, 0.3) is 5.91 Å². The molecule has 0 aliphatic carbocycles. The second-order valence-corrected chi connectivity index (χ2v) is 6.96. The maximum absolute atomic E-state index is 13.2. The molecule has 1 aliphatic heterocycles. The fourth-order valence-corrected chi connectivity index (χ4v) is 3.75. The molecule has 0 atom stereocenters. The van der Waals surface area contributed by atoms with Gasteiger partial charge in [-0.1, -0.05) is 36.4 Å². The number of hydrogen-bond acceptors (Lipinski definition) is 5. The molecule has 0 fully saturated rings. The molecular formula is C23H19N5O. The minimum absolute atomic E-state index is 0.112. The number of hydrogen-bond donors (Lipinski definition) is 1. The highest BCUT2D eigenvalue weighted by Gasteiger charge is 2.24. The van der Waals surface area contributed by atoms with Gasteiger partial charge in [0, 0.05) is 30.0 Å². The van der Waals surface area contributed by atoms with Crippen LogP contribution in [-0.4, -0.2) is 27.4 Å². The third-order valence-electron chi connectivity index (χ3n) is 5.11. The topological polar surface area (TPSA) is 71.0 Å². The molecule has 29 heavy (non-hydrogen) atoms. The maximum Gasteiger partial charge on any atom is 0.277 e. The van der Waals surface area contributed by atoms with Crippen LogP contribution in [-0.2, 0) is 6.42 Å². The summed E-state index contributed by atoms with van der Waals surface area (Å²) in [4.78, 5) is 28.2. The Balaban J connectivity index is 1.45. The standard InChI is InChI=1S/C23H19N5O/c29-22(28-15-5-9-16-6-1-2-11-20(16)28)19-12-14-25-23(27-19)26-18-10-3-7-17-8-4-13-24-21(17)18/h1-4,6-8,10-14H,5,9,15H2,(H,25,26,27). The van der Waals surface area contributed by atoms with Crippen LogP contribution in [0.15, 0.2) is 73.1 Å². The number of nitrogens with one attached hydrogen (secondary N) is 1. The molecule has 5 rings (SSSR count). The fourth-order valence-electron chi connectivity index (χ4n) is 3.75. The van der Waals surface area contributed by atoms with Crippen LogP contribution >= 0.6 is 0 Å². The molecule has 0 radical (unpaired) electrons. The van der Waals surface area contributed by atoms with Gasteiger partial charge < -0.3 is 10.2 Å². The van der Waals surface area contributed by atoms with Crippen molar-refractivity contribution in [1.29, 1.82) is 0 Å². The first-order valence-electron chi connectivity index (χ1n) is 9.63. The Bertz CT molecular complexity index is 1200. The van der Waals surface area contributed by atoms with Crippen molar-refractivity contribution < 1.29 is 4.79 Å². The van der Waals surface area contributed by atoms with Crippen molar-refractivity contribution in [1.82, 2.24) is 15.0 Å². The zero-order chi connectivity index (χ0) is 19.6. The summed E-state index contributed by atoms with van der Waals surface area (Å²) in [6, 6.07) is 19.5. The molecular weight excluding hydrogens is 362 g/mol. The van der Waals surface area contributed by atoms with Crippen molar-refractivity contribution >= 4 is 34.1 Å². The van der Waals surface area contributed by atoms with E-state index < -0.39 is 0 Å². The van der Waals surface area contributed by atoms with Crippen molar-refractivity contribution in [3.8, 4) is 0 Å². The molecule has 142 valence electrons. The summed E-state index contributed by atoms with van der Waals surface area (Å²) in [7, 11) is 0. The van der Waals surface area contributed by atoms with Crippen LogP contribution in [0.25, 0.3) is 10.9 Å². The number of para-hydroxylation sites is 2. The Morgan fingerprint density at radius 1 is 0.931 bits per heavy atom. The van der Waals surface area contributed by atoms with Gasteiger partial charge in [0.05, 0.1) is 11.2 Å². The van der Waals surface area contributed by atoms with Crippen LogP contribution in [0.3, 0.4) is 0 Å². The Kier molecular flexibility index (Phi) is 4.37. The second-order valence-electron chi connectivity index (χ2n) is 6.96. The van der Waals surface area contributed by atoms with E-state index in [-0.39, 0.29) is 5.91 Å². The summed E-state index contributed by atoms with van der Waals surface area (Å²) in [6.07, 6.45) is 5.30. The molecule has 6 heteroatoms. The van der Waals surface area contributed by atoms with E-state index in [0.29, 0.717) is 18.2 Å². The van der Waals surface area contributed by atoms with Gasteiger partial charge in [0.2, 0.25) is 5.95 Å². The van der Waals surface area contributed by atoms with Crippen molar-refractivity contribution in [3.05, 3.63) is 84.3 Å². The quantitative estimate of drug-likeness (QED) is 0.571. The van der Waals surface area contributed by atoms with Gasteiger partial charge in [0.15, 0.2) is 0 Å². The summed E-state index contributed by atoms with van der Waals surface area (Å²) in [5.74, 6) is 0.262. The van der Waals surface area contributed by atoms with E-state index in [1.165, 1.54) is 5.56 Å². The predicted molar refractivity (Wildman–Crippen MR) is 113 cm³/mol. The molecule has 2 aromatic carbocycles. The summed E-state index contributed by atoms with van der Waals surface area (Å²) in [6.45, 7) is 0.690. The fraction of sp³-hybridized carbons (Fsp3) is 0.130. The van der Waals surface area contributed by atoms with Crippen LogP contribution in [0.1, 0.15) is 22.5 Å². The number of carbonyl (C=O) groups is 1. The largest absolute Gasteiger partial charge is 0.322 e. The highest BCUT2D eigenvalue weighted by molar-refractivity contribution is 6.05. The lowest BCUT2D eigenvalue weighted by Gasteiger charge is -2.29. The smallest absolute Gasteiger partial charge is 0.277 e. The normalized spacial score (nSPS) is 13.2. The Morgan fingerprint density at radius 2 is 1.83 bits per heavy atom. The minimum atomic E-state index is -0.112. The van der Waals surface area contributed by atoms with E-state index in [4.69, 9.17) is 0 Å². The van der Waals surface area contributed by atoms with Crippen molar-refractivity contribution in [2.45, 2.75) is 12.8 Å². The SMILES string of the molecule is O=C(c1ccnc(Nc2cccc3cccnc23)n1)N1CCCc2ccccc21. The Morgan fingerprint density at radius 3 is 2.79 bits per heavy atom. The van der Waals surface area contributed by atoms with Crippen LogP contribution in [0.5, 0.6) is 0 Å². The Labute approximate surface area is 168 Å². The maximum atomic E-state index is 13.2. The third-order valence-corrected chi connectivity index (χ3v) is 5.11. The number of carbonyl (C=O) groups excluding carboxylic acids is 1.